The number of aryl methyl sites for hydroxylation is 1. The van der Waals surface area contributed by atoms with Gasteiger partial charge < -0.3 is 10.1 Å². The van der Waals surface area contributed by atoms with E-state index in [4.69, 9.17) is 4.74 Å². The Morgan fingerprint density at radius 3 is 2.76 bits per heavy atom. The number of hydrogen-bond donors (Lipinski definition) is 1. The number of fused-ring (bicyclic) bond motifs is 1. The van der Waals surface area contributed by atoms with E-state index in [1.165, 1.54) is 19.3 Å². The van der Waals surface area contributed by atoms with E-state index in [0.29, 0.717) is 6.61 Å². The molecular weight excluding hydrogens is 266 g/mol. The number of ether oxygens (including phenoxy) is 1. The molecule has 1 aromatic rings. The maximum atomic E-state index is 12.4. The van der Waals surface area contributed by atoms with Gasteiger partial charge in [0.15, 0.2) is 0 Å². The molecule has 2 aliphatic carbocycles. The average molecular weight is 291 g/mol. The second-order valence-electron chi connectivity index (χ2n) is 6.48. The summed E-state index contributed by atoms with van der Waals surface area (Å²) in [5, 5.41) is 7.46. The molecule has 0 bridgehead atoms. The van der Waals surface area contributed by atoms with Crippen molar-refractivity contribution >= 4 is 11.7 Å². The second-order valence-corrected chi connectivity index (χ2v) is 6.48. The predicted octanol–water partition coefficient (Wildman–Crippen LogP) is 2.37. The lowest BCUT2D eigenvalue weighted by Gasteiger charge is -2.14. The van der Waals surface area contributed by atoms with Gasteiger partial charge in [-0.05, 0) is 43.9 Å². The van der Waals surface area contributed by atoms with Gasteiger partial charge in [0, 0.05) is 32.6 Å². The third-order valence-electron chi connectivity index (χ3n) is 4.96. The van der Waals surface area contributed by atoms with Crippen molar-refractivity contribution in [1.82, 2.24) is 9.78 Å². The van der Waals surface area contributed by atoms with Crippen LogP contribution in [0.25, 0.3) is 0 Å². The van der Waals surface area contributed by atoms with Crippen molar-refractivity contribution in [3.63, 3.8) is 0 Å². The van der Waals surface area contributed by atoms with Crippen molar-refractivity contribution in [3.8, 4) is 0 Å². The average Bonchev–Trinajstić information content (AvgIpc) is 3.15. The smallest absolute Gasteiger partial charge is 0.228 e. The van der Waals surface area contributed by atoms with Crippen molar-refractivity contribution in [2.45, 2.75) is 38.5 Å². The zero-order chi connectivity index (χ0) is 14.8. The maximum absolute atomic E-state index is 12.4. The molecule has 5 nitrogen and oxygen atoms in total. The number of nitrogens with one attached hydrogen (secondary N) is 1. The van der Waals surface area contributed by atoms with Crippen molar-refractivity contribution in [2.75, 3.05) is 19.0 Å². The summed E-state index contributed by atoms with van der Waals surface area (Å²) < 4.78 is 6.81. The Bertz CT molecular complexity index is 500. The highest BCUT2D eigenvalue weighted by Crippen LogP contribution is 2.49. The fourth-order valence-corrected chi connectivity index (χ4v) is 3.46. The van der Waals surface area contributed by atoms with E-state index in [2.05, 4.69) is 10.4 Å². The van der Waals surface area contributed by atoms with Crippen LogP contribution in [0.4, 0.5) is 5.82 Å². The molecule has 1 N–H and O–H groups in total. The van der Waals surface area contributed by atoms with Gasteiger partial charge in [-0.25, -0.2) is 0 Å². The SMILES string of the molecule is COCCc1cc(NC(=O)C2CC[C@@H]3C[C@@H]3CC2)n(C)n1. The first-order valence-electron chi connectivity index (χ1n) is 8.00. The van der Waals surface area contributed by atoms with E-state index in [9.17, 15) is 4.79 Å². The third-order valence-corrected chi connectivity index (χ3v) is 4.96. The van der Waals surface area contributed by atoms with E-state index in [1.807, 2.05) is 13.1 Å². The molecule has 1 heterocycles. The Morgan fingerprint density at radius 2 is 2.10 bits per heavy atom. The van der Waals surface area contributed by atoms with Gasteiger partial charge in [-0.2, -0.15) is 5.10 Å². The van der Waals surface area contributed by atoms with Gasteiger partial charge in [0.1, 0.15) is 5.82 Å². The number of methoxy groups -OCH3 is 1. The van der Waals surface area contributed by atoms with E-state index < -0.39 is 0 Å². The number of aromatic nitrogens is 2. The Balaban J connectivity index is 1.57. The van der Waals surface area contributed by atoms with Gasteiger partial charge in [0.05, 0.1) is 12.3 Å². The van der Waals surface area contributed by atoms with Crippen LogP contribution < -0.4 is 5.32 Å². The number of carbonyl (C=O) groups excluding carboxylic acids is 1. The molecule has 0 spiro atoms. The van der Waals surface area contributed by atoms with Crippen LogP contribution in [0.5, 0.6) is 0 Å². The van der Waals surface area contributed by atoms with Crippen LogP contribution in [0, 0.1) is 17.8 Å². The molecule has 0 radical (unpaired) electrons. The molecule has 1 aromatic heterocycles. The van der Waals surface area contributed by atoms with Gasteiger partial charge >= 0.3 is 0 Å². The summed E-state index contributed by atoms with van der Waals surface area (Å²) in [5.74, 6) is 2.97. The number of amides is 1. The van der Waals surface area contributed by atoms with Crippen LogP contribution in [0.2, 0.25) is 0 Å². The second kappa shape index (κ2) is 6.18. The molecular formula is C16H25N3O2. The molecule has 1 unspecified atom stereocenters. The van der Waals surface area contributed by atoms with Gasteiger partial charge in [-0.3, -0.25) is 9.48 Å². The first kappa shape index (κ1) is 14.6. The van der Waals surface area contributed by atoms with Crippen LogP contribution >= 0.6 is 0 Å². The van der Waals surface area contributed by atoms with Crippen molar-refractivity contribution in [3.05, 3.63) is 11.8 Å². The fraction of sp³-hybridized carbons (Fsp3) is 0.750. The first-order chi connectivity index (χ1) is 10.2. The van der Waals surface area contributed by atoms with Crippen LogP contribution in [0.3, 0.4) is 0 Å². The molecule has 2 fully saturated rings. The molecule has 3 atom stereocenters. The summed E-state index contributed by atoms with van der Waals surface area (Å²) >= 11 is 0. The number of rotatable bonds is 5. The highest BCUT2D eigenvalue weighted by Gasteiger charge is 2.40. The van der Waals surface area contributed by atoms with Gasteiger partial charge in [0.2, 0.25) is 5.91 Å². The molecule has 3 rings (SSSR count). The first-order valence-corrected chi connectivity index (χ1v) is 8.00. The molecule has 2 saturated carbocycles. The van der Waals surface area contributed by atoms with Gasteiger partial charge in [-0.15, -0.1) is 0 Å². The quantitative estimate of drug-likeness (QED) is 0.906. The molecule has 1 amide bonds. The summed E-state index contributed by atoms with van der Waals surface area (Å²) in [5.41, 5.74) is 0.955. The Hall–Kier alpha value is -1.36. The van der Waals surface area contributed by atoms with Crippen LogP contribution in [-0.2, 0) is 23.0 Å². The number of anilines is 1. The van der Waals surface area contributed by atoms with E-state index in [-0.39, 0.29) is 11.8 Å². The van der Waals surface area contributed by atoms with Crippen LogP contribution in [0.1, 0.15) is 37.8 Å². The van der Waals surface area contributed by atoms with E-state index >= 15 is 0 Å². The molecule has 2 aliphatic rings. The van der Waals surface area contributed by atoms with E-state index in [0.717, 1.165) is 42.6 Å². The standard InChI is InChI=1S/C16H25N3O2/c1-19-15(10-14(18-19)7-8-21-2)17-16(20)11-3-5-12-9-13(12)6-4-11/h10-13H,3-9H2,1-2H3,(H,17,20)/t11?,12-,13+. The molecule has 116 valence electrons. The highest BCUT2D eigenvalue weighted by atomic mass is 16.5. The summed E-state index contributed by atoms with van der Waals surface area (Å²) in [6.07, 6.45) is 6.72. The van der Waals surface area contributed by atoms with Crippen molar-refractivity contribution in [2.24, 2.45) is 24.8 Å². The maximum Gasteiger partial charge on any atom is 0.228 e. The third kappa shape index (κ3) is 3.46. The highest BCUT2D eigenvalue weighted by molar-refractivity contribution is 5.91. The van der Waals surface area contributed by atoms with Gasteiger partial charge in [0.25, 0.3) is 0 Å². The molecule has 0 saturated heterocycles. The Labute approximate surface area is 126 Å². The van der Waals surface area contributed by atoms with Crippen LogP contribution in [-0.4, -0.2) is 29.4 Å². The number of hydrogen-bond acceptors (Lipinski definition) is 3. The molecule has 0 aromatic carbocycles. The van der Waals surface area contributed by atoms with Crippen molar-refractivity contribution in [1.29, 1.82) is 0 Å². The number of nitrogens with zero attached hydrogens (tertiary/aromatic N) is 2. The summed E-state index contributed by atoms with van der Waals surface area (Å²) in [6.45, 7) is 0.649. The minimum atomic E-state index is 0.164. The monoisotopic (exact) mass is 291 g/mol. The van der Waals surface area contributed by atoms with E-state index in [1.54, 1.807) is 11.8 Å². The lowest BCUT2D eigenvalue weighted by Crippen LogP contribution is -2.23. The molecule has 0 aliphatic heterocycles. The molecule has 5 heteroatoms. The predicted molar refractivity (Wildman–Crippen MR) is 81.0 cm³/mol. The van der Waals surface area contributed by atoms with Gasteiger partial charge in [-0.1, -0.05) is 0 Å². The minimum absolute atomic E-state index is 0.164. The molecule has 21 heavy (non-hydrogen) atoms. The summed E-state index contributed by atoms with van der Waals surface area (Å²) in [7, 11) is 3.55. The zero-order valence-corrected chi connectivity index (χ0v) is 13.0. The minimum Gasteiger partial charge on any atom is -0.384 e. The summed E-state index contributed by atoms with van der Waals surface area (Å²) in [4.78, 5) is 12.4. The number of carbonyl (C=O) groups is 1. The van der Waals surface area contributed by atoms with Crippen molar-refractivity contribution < 1.29 is 9.53 Å². The Kier molecular flexibility index (Phi) is 4.29. The fourth-order valence-electron chi connectivity index (χ4n) is 3.46. The summed E-state index contributed by atoms with van der Waals surface area (Å²) in [6, 6.07) is 1.95. The lowest BCUT2D eigenvalue weighted by atomic mass is 9.97. The Morgan fingerprint density at radius 1 is 1.38 bits per heavy atom. The lowest BCUT2D eigenvalue weighted by molar-refractivity contribution is -0.120. The topological polar surface area (TPSA) is 56.1 Å². The van der Waals surface area contributed by atoms with Crippen LogP contribution in [0.15, 0.2) is 6.07 Å². The zero-order valence-electron chi connectivity index (χ0n) is 13.0. The normalized spacial score (nSPS) is 27.8. The largest absolute Gasteiger partial charge is 0.384 e.